The Bertz CT molecular complexity index is 1780. The number of thiophene rings is 1. The van der Waals surface area contributed by atoms with E-state index in [1.54, 1.807) is 11.3 Å². The molecular formula is C34H32N2OSSe. The maximum atomic E-state index is 6.71. The first kappa shape index (κ1) is 26.0. The normalized spacial score (nSPS) is 12.4. The van der Waals surface area contributed by atoms with Gasteiger partial charge in [-0.25, -0.2) is 0 Å². The fourth-order valence-corrected chi connectivity index (χ4v) is 7.58. The van der Waals surface area contributed by atoms with Gasteiger partial charge in [-0.15, -0.1) is 0 Å². The summed E-state index contributed by atoms with van der Waals surface area (Å²) >= 11 is 1.91. The molecule has 0 N–H and O–H groups in total. The molecule has 6 rings (SSSR count). The number of hydrogen-bond donors (Lipinski definition) is 0. The molecule has 3 nitrogen and oxygen atoms in total. The minimum absolute atomic E-state index is 0.0235. The summed E-state index contributed by atoms with van der Waals surface area (Å²) in [5.41, 5.74) is 6.71. The third-order valence-electron chi connectivity index (χ3n) is 6.96. The summed E-state index contributed by atoms with van der Waals surface area (Å²) < 4.78 is 10.4. The molecule has 0 aliphatic heterocycles. The molecule has 0 saturated carbocycles. The van der Waals surface area contributed by atoms with Crippen molar-refractivity contribution >= 4 is 45.7 Å². The number of nitrogens with zero attached hydrogens (tertiary/aromatic N) is 2. The summed E-state index contributed by atoms with van der Waals surface area (Å²) in [5, 5.41) is 3.35. The summed E-state index contributed by atoms with van der Waals surface area (Å²) in [6.45, 7) is 13.5. The molecule has 0 aliphatic carbocycles. The molecule has 39 heavy (non-hydrogen) atoms. The molecule has 0 aliphatic rings. The molecule has 0 amide bonds. The van der Waals surface area contributed by atoms with E-state index in [1.165, 1.54) is 25.5 Å². The molecule has 5 heteroatoms. The molecule has 196 valence electrons. The molecule has 0 spiro atoms. The van der Waals surface area contributed by atoms with Crippen LogP contribution in [0.3, 0.4) is 0 Å². The van der Waals surface area contributed by atoms with Gasteiger partial charge in [0, 0.05) is 0 Å². The van der Waals surface area contributed by atoms with Crippen molar-refractivity contribution < 1.29 is 4.74 Å². The summed E-state index contributed by atoms with van der Waals surface area (Å²) in [7, 11) is 0. The third-order valence-corrected chi connectivity index (χ3v) is 10.2. The van der Waals surface area contributed by atoms with Crippen molar-refractivity contribution in [2.45, 2.75) is 52.4 Å². The summed E-state index contributed by atoms with van der Waals surface area (Å²) in [4.78, 5) is 9.79. The van der Waals surface area contributed by atoms with Crippen LogP contribution in [0.25, 0.3) is 41.3 Å². The van der Waals surface area contributed by atoms with Gasteiger partial charge in [-0.1, -0.05) is 0 Å². The van der Waals surface area contributed by atoms with Crippen LogP contribution in [-0.2, 0) is 10.8 Å². The predicted molar refractivity (Wildman–Crippen MR) is 167 cm³/mol. The van der Waals surface area contributed by atoms with Crippen molar-refractivity contribution in [3.63, 3.8) is 0 Å². The van der Waals surface area contributed by atoms with Crippen molar-refractivity contribution in [3.8, 4) is 32.9 Å². The van der Waals surface area contributed by atoms with Crippen LogP contribution in [0.5, 0.6) is 11.5 Å². The molecule has 0 unspecified atom stereocenters. The molecular weight excluding hydrogens is 563 g/mol. The molecule has 3 aromatic heterocycles. The first-order valence-corrected chi connectivity index (χ1v) is 15.8. The minimum atomic E-state index is -0.0389. The number of benzene rings is 3. The second kappa shape index (κ2) is 9.74. The molecule has 6 aromatic rings. The van der Waals surface area contributed by atoms with E-state index in [1.807, 2.05) is 6.20 Å². The van der Waals surface area contributed by atoms with E-state index in [2.05, 4.69) is 120 Å². The van der Waals surface area contributed by atoms with Gasteiger partial charge in [-0.2, -0.15) is 0 Å². The molecule has 3 aromatic carbocycles. The van der Waals surface area contributed by atoms with E-state index in [-0.39, 0.29) is 25.3 Å². The van der Waals surface area contributed by atoms with Gasteiger partial charge < -0.3 is 0 Å². The Morgan fingerprint density at radius 2 is 1.41 bits per heavy atom. The quantitative estimate of drug-likeness (QED) is 0.190. The van der Waals surface area contributed by atoms with Crippen molar-refractivity contribution in [3.05, 3.63) is 95.5 Å². The van der Waals surface area contributed by atoms with Gasteiger partial charge in [0.1, 0.15) is 0 Å². The van der Waals surface area contributed by atoms with Gasteiger partial charge in [-0.3, -0.25) is 0 Å². The van der Waals surface area contributed by atoms with E-state index in [4.69, 9.17) is 14.7 Å². The predicted octanol–water partition coefficient (Wildman–Crippen LogP) is 9.62. The molecule has 0 fully saturated rings. The number of ether oxygens (including phenoxy) is 1. The van der Waals surface area contributed by atoms with Crippen molar-refractivity contribution in [2.24, 2.45) is 0 Å². The SMILES string of the molecule is CC(C)(C)c1cc(Oc2cc(-c3nccc4ccsc34)cc(C(C)(C)C)c2)cc(-c2nc3ccccc3[se]2)c1. The first-order chi connectivity index (χ1) is 18.5. The van der Waals surface area contributed by atoms with Crippen LogP contribution in [-0.4, -0.2) is 24.5 Å². The molecule has 0 atom stereocenters. The van der Waals surface area contributed by atoms with Crippen LogP contribution in [0.1, 0.15) is 52.7 Å². The topological polar surface area (TPSA) is 35.0 Å². The second-order valence-electron chi connectivity index (χ2n) is 12.1. The summed E-state index contributed by atoms with van der Waals surface area (Å²) in [5.74, 6) is 1.66. The van der Waals surface area contributed by atoms with E-state index in [9.17, 15) is 0 Å². The van der Waals surface area contributed by atoms with Crippen molar-refractivity contribution in [2.75, 3.05) is 0 Å². The standard InChI is InChI=1S/C34H32N2OSSe/c1-33(2,3)24-15-22(30-31-21(11-13-35-30)12-14-38-31)17-26(19-24)37-27-18-23(16-25(20-27)34(4,5)6)32-36-28-9-7-8-10-29(28)39-32/h7-20H,1-6H3. The van der Waals surface area contributed by atoms with Crippen LogP contribution in [0.2, 0.25) is 0 Å². The Morgan fingerprint density at radius 1 is 0.744 bits per heavy atom. The molecule has 0 radical (unpaired) electrons. The van der Waals surface area contributed by atoms with Gasteiger partial charge >= 0.3 is 241 Å². The zero-order valence-corrected chi connectivity index (χ0v) is 25.7. The molecule has 0 bridgehead atoms. The van der Waals surface area contributed by atoms with Crippen molar-refractivity contribution in [1.29, 1.82) is 0 Å². The Hall–Kier alpha value is -3.24. The van der Waals surface area contributed by atoms with Crippen LogP contribution in [0.15, 0.2) is 84.4 Å². The Labute approximate surface area is 240 Å². The number of rotatable bonds is 4. The third kappa shape index (κ3) is 5.32. The molecule has 0 saturated heterocycles. The maximum absolute atomic E-state index is 6.71. The summed E-state index contributed by atoms with van der Waals surface area (Å²) in [6, 6.07) is 25.9. The van der Waals surface area contributed by atoms with Crippen LogP contribution >= 0.6 is 11.3 Å². The van der Waals surface area contributed by atoms with Crippen LogP contribution in [0.4, 0.5) is 0 Å². The van der Waals surface area contributed by atoms with Gasteiger partial charge in [0.2, 0.25) is 0 Å². The number of fused-ring (bicyclic) bond motifs is 2. The molecule has 3 heterocycles. The average molecular weight is 596 g/mol. The number of pyridine rings is 1. The Morgan fingerprint density at radius 3 is 2.10 bits per heavy atom. The van der Waals surface area contributed by atoms with E-state index in [0.717, 1.165) is 38.4 Å². The van der Waals surface area contributed by atoms with E-state index in [0.29, 0.717) is 0 Å². The zero-order valence-electron chi connectivity index (χ0n) is 23.2. The Kier molecular flexibility index (Phi) is 6.50. The average Bonchev–Trinajstić information content (AvgIpc) is 3.54. The summed E-state index contributed by atoms with van der Waals surface area (Å²) in [6.07, 6.45) is 1.90. The van der Waals surface area contributed by atoms with Gasteiger partial charge in [0.25, 0.3) is 0 Å². The second-order valence-corrected chi connectivity index (χ2v) is 15.2. The monoisotopic (exact) mass is 596 g/mol. The van der Waals surface area contributed by atoms with Gasteiger partial charge in [-0.05, 0) is 0 Å². The number of hydrogen-bond acceptors (Lipinski definition) is 4. The number of para-hydroxylation sites is 1. The van der Waals surface area contributed by atoms with Crippen molar-refractivity contribution in [1.82, 2.24) is 9.97 Å². The fourth-order valence-electron chi connectivity index (χ4n) is 4.67. The van der Waals surface area contributed by atoms with Gasteiger partial charge in [0.15, 0.2) is 0 Å². The van der Waals surface area contributed by atoms with Gasteiger partial charge in [0.05, 0.1) is 0 Å². The van der Waals surface area contributed by atoms with Crippen LogP contribution < -0.4 is 4.74 Å². The fraction of sp³-hybridized carbons (Fsp3) is 0.235. The zero-order chi connectivity index (χ0) is 27.4. The number of aromatic nitrogens is 2. The van der Waals surface area contributed by atoms with E-state index < -0.39 is 0 Å². The Balaban J connectivity index is 1.47. The first-order valence-electron chi connectivity index (χ1n) is 13.2. The van der Waals surface area contributed by atoms with Crippen LogP contribution in [0, 0.1) is 0 Å². The van der Waals surface area contributed by atoms with E-state index >= 15 is 0 Å².